The molecule has 0 aliphatic heterocycles. The van der Waals surface area contributed by atoms with Crippen molar-refractivity contribution in [2.45, 2.75) is 0 Å². The molecule has 0 saturated heterocycles. The van der Waals surface area contributed by atoms with Crippen LogP contribution in [0.15, 0.2) is 150 Å². The molecule has 49 heavy (non-hydrogen) atoms. The number of benzene rings is 7. The molecule has 0 amide bonds. The molecule has 5 heteroatoms. The summed E-state index contributed by atoms with van der Waals surface area (Å²) in [7, 11) is 0. The van der Waals surface area contributed by atoms with Gasteiger partial charge in [0.05, 0.1) is 39.9 Å². The molecule has 0 aliphatic rings. The first kappa shape index (κ1) is 27.1. The van der Waals surface area contributed by atoms with Gasteiger partial charge < -0.3 is 13.6 Å². The van der Waals surface area contributed by atoms with Crippen molar-refractivity contribution in [2.24, 2.45) is 0 Å². The Kier molecular flexibility index (Phi) is 5.64. The van der Waals surface area contributed by atoms with E-state index in [0.29, 0.717) is 11.3 Å². The highest BCUT2D eigenvalue weighted by Gasteiger charge is 2.23. The molecule has 0 N–H and O–H groups in total. The number of hydrogen-bond acceptors (Lipinski definition) is 2. The maximum atomic E-state index is 10.7. The lowest BCUT2D eigenvalue weighted by Gasteiger charge is -2.17. The van der Waals surface area contributed by atoms with Gasteiger partial charge in [0.25, 0.3) is 0 Å². The van der Waals surface area contributed by atoms with E-state index < -0.39 is 0 Å². The monoisotopic (exact) mass is 624 g/mol. The Hall–Kier alpha value is -7.08. The van der Waals surface area contributed by atoms with Crippen molar-refractivity contribution in [3.05, 3.63) is 163 Å². The SMILES string of the molecule is [C-]#[N+]c1cc(-c2cccc(C#N)c2-n2c3ccccc3c3ccc4c5ccccc5oc4c32)cc(-n2c3ccccc3c3ccccc32)c1. The fourth-order valence-electron chi connectivity index (χ4n) is 7.72. The van der Waals surface area contributed by atoms with E-state index in [1.807, 2.05) is 72.8 Å². The Morgan fingerprint density at radius 3 is 1.88 bits per heavy atom. The van der Waals surface area contributed by atoms with Crippen LogP contribution in [-0.4, -0.2) is 9.13 Å². The molecular formula is C44H24N4O. The number of aromatic nitrogens is 2. The first-order valence-electron chi connectivity index (χ1n) is 16.1. The van der Waals surface area contributed by atoms with Gasteiger partial charge >= 0.3 is 0 Å². The number of rotatable bonds is 3. The Labute approximate surface area is 280 Å². The first-order valence-corrected chi connectivity index (χ1v) is 16.1. The average Bonchev–Trinajstić information content (AvgIpc) is 3.82. The molecule has 0 atom stereocenters. The summed E-state index contributed by atoms with van der Waals surface area (Å²) < 4.78 is 11.0. The summed E-state index contributed by atoms with van der Waals surface area (Å²) >= 11 is 0. The molecule has 3 aromatic heterocycles. The topological polar surface area (TPSA) is 51.1 Å². The van der Waals surface area contributed by atoms with Crippen LogP contribution in [0.1, 0.15) is 5.56 Å². The number of fused-ring (bicyclic) bond motifs is 10. The van der Waals surface area contributed by atoms with Crippen LogP contribution in [0.4, 0.5) is 5.69 Å². The molecule has 0 aliphatic carbocycles. The highest BCUT2D eigenvalue weighted by molar-refractivity contribution is 6.22. The minimum atomic E-state index is 0.518. The second-order valence-electron chi connectivity index (χ2n) is 12.3. The maximum absolute atomic E-state index is 10.7. The van der Waals surface area contributed by atoms with Crippen LogP contribution >= 0.6 is 0 Å². The van der Waals surface area contributed by atoms with E-state index in [-0.39, 0.29) is 0 Å². The molecule has 10 aromatic rings. The van der Waals surface area contributed by atoms with Gasteiger partial charge in [0.2, 0.25) is 0 Å². The highest BCUT2D eigenvalue weighted by atomic mass is 16.3. The van der Waals surface area contributed by atoms with Crippen molar-refractivity contribution in [3.63, 3.8) is 0 Å². The van der Waals surface area contributed by atoms with E-state index in [1.165, 1.54) is 0 Å². The molecule has 3 heterocycles. The van der Waals surface area contributed by atoms with Gasteiger partial charge in [-0.25, -0.2) is 4.85 Å². The second-order valence-corrected chi connectivity index (χ2v) is 12.3. The molecule has 226 valence electrons. The van der Waals surface area contributed by atoms with Crippen LogP contribution < -0.4 is 0 Å². The van der Waals surface area contributed by atoms with E-state index in [2.05, 4.69) is 92.8 Å². The molecular weight excluding hydrogens is 601 g/mol. The maximum Gasteiger partial charge on any atom is 0.189 e. The number of nitriles is 1. The van der Waals surface area contributed by atoms with E-state index in [1.54, 1.807) is 0 Å². The van der Waals surface area contributed by atoms with Crippen LogP contribution in [0.5, 0.6) is 0 Å². The fourth-order valence-corrected chi connectivity index (χ4v) is 7.72. The number of para-hydroxylation sites is 5. The third kappa shape index (κ3) is 3.79. The predicted molar refractivity (Wildman–Crippen MR) is 199 cm³/mol. The second kappa shape index (κ2) is 10.2. The van der Waals surface area contributed by atoms with Crippen LogP contribution in [0.2, 0.25) is 0 Å². The predicted octanol–water partition coefficient (Wildman–Crippen LogP) is 11.9. The zero-order chi connectivity index (χ0) is 32.6. The number of furan rings is 1. The number of hydrogen-bond donors (Lipinski definition) is 0. The minimum absolute atomic E-state index is 0.518. The van der Waals surface area contributed by atoms with Gasteiger partial charge in [0.1, 0.15) is 11.7 Å². The summed E-state index contributed by atoms with van der Waals surface area (Å²) in [6.45, 7) is 8.13. The van der Waals surface area contributed by atoms with Gasteiger partial charge in [-0.3, -0.25) is 0 Å². The van der Waals surface area contributed by atoms with Gasteiger partial charge in [0, 0.05) is 43.6 Å². The summed E-state index contributed by atoms with van der Waals surface area (Å²) in [5.74, 6) is 0. The normalized spacial score (nSPS) is 11.6. The standard InChI is InChI=1S/C44H24N4O/c1-46-29-23-28(24-30(25-29)47-38-17-6-2-12-32(38)33-13-3-7-18-39(33)47)31-16-10-11-27(26-45)42(31)48-40-19-8-4-14-34(40)36-21-22-37-35-15-5-9-20-41(35)49-44(37)43(36)48/h2-25H. The highest BCUT2D eigenvalue weighted by Crippen LogP contribution is 2.44. The lowest BCUT2D eigenvalue weighted by molar-refractivity contribution is 0.671. The van der Waals surface area contributed by atoms with E-state index >= 15 is 0 Å². The van der Waals surface area contributed by atoms with E-state index in [0.717, 1.165) is 88.1 Å². The first-order chi connectivity index (χ1) is 24.2. The van der Waals surface area contributed by atoms with Crippen LogP contribution in [0.3, 0.4) is 0 Å². The van der Waals surface area contributed by atoms with Crippen molar-refractivity contribution in [2.75, 3.05) is 0 Å². The zero-order valence-corrected chi connectivity index (χ0v) is 26.1. The lowest BCUT2D eigenvalue weighted by atomic mass is 9.98. The van der Waals surface area contributed by atoms with Crippen LogP contribution in [0, 0.1) is 17.9 Å². The van der Waals surface area contributed by atoms with Crippen molar-refractivity contribution >= 4 is 71.2 Å². The van der Waals surface area contributed by atoms with Gasteiger partial charge in [-0.15, -0.1) is 0 Å². The largest absolute Gasteiger partial charge is 0.454 e. The van der Waals surface area contributed by atoms with Gasteiger partial charge in [-0.1, -0.05) is 91.0 Å². The van der Waals surface area contributed by atoms with Crippen molar-refractivity contribution in [3.8, 4) is 28.6 Å². The summed E-state index contributed by atoms with van der Waals surface area (Å²) in [5, 5.41) is 17.1. The van der Waals surface area contributed by atoms with Crippen molar-refractivity contribution in [1.29, 1.82) is 5.26 Å². The quantitative estimate of drug-likeness (QED) is 0.184. The molecule has 0 unspecified atom stereocenters. The van der Waals surface area contributed by atoms with Gasteiger partial charge in [-0.05, 0) is 60.2 Å². The molecule has 7 aromatic carbocycles. The van der Waals surface area contributed by atoms with E-state index in [9.17, 15) is 5.26 Å². The molecule has 0 spiro atoms. The molecule has 0 bridgehead atoms. The smallest absolute Gasteiger partial charge is 0.189 e. The Bertz CT molecular complexity index is 3030. The Morgan fingerprint density at radius 2 is 1.18 bits per heavy atom. The van der Waals surface area contributed by atoms with Gasteiger partial charge in [0.15, 0.2) is 11.3 Å². The minimum Gasteiger partial charge on any atom is -0.454 e. The zero-order valence-electron chi connectivity index (χ0n) is 26.1. The third-order valence-electron chi connectivity index (χ3n) is 9.74. The Morgan fingerprint density at radius 1 is 0.571 bits per heavy atom. The van der Waals surface area contributed by atoms with Crippen molar-refractivity contribution < 1.29 is 4.42 Å². The summed E-state index contributed by atoms with van der Waals surface area (Å²) in [4.78, 5) is 3.94. The Balaban J connectivity index is 1.33. The van der Waals surface area contributed by atoms with E-state index in [4.69, 9.17) is 11.0 Å². The average molecular weight is 625 g/mol. The van der Waals surface area contributed by atoms with Crippen LogP contribution in [-0.2, 0) is 0 Å². The van der Waals surface area contributed by atoms with Gasteiger partial charge in [-0.2, -0.15) is 5.26 Å². The molecule has 5 nitrogen and oxygen atoms in total. The molecule has 0 radical (unpaired) electrons. The fraction of sp³-hybridized carbons (Fsp3) is 0. The summed E-state index contributed by atoms with van der Waals surface area (Å²) in [6, 6.07) is 51.8. The summed E-state index contributed by atoms with van der Waals surface area (Å²) in [6.07, 6.45) is 0. The van der Waals surface area contributed by atoms with Crippen molar-refractivity contribution in [1.82, 2.24) is 9.13 Å². The third-order valence-corrected chi connectivity index (χ3v) is 9.74. The summed E-state index contributed by atoms with van der Waals surface area (Å²) in [5.41, 5.74) is 9.98. The molecule has 0 fully saturated rings. The van der Waals surface area contributed by atoms with Crippen LogP contribution in [0.25, 0.3) is 92.9 Å². The number of nitrogens with zero attached hydrogens (tertiary/aromatic N) is 4. The molecule has 10 rings (SSSR count). The lowest BCUT2D eigenvalue weighted by Crippen LogP contribution is -2.02. The molecule has 0 saturated carbocycles.